The maximum Gasteiger partial charge on any atom is 0.312 e. The minimum absolute atomic E-state index is 0.0146. The first-order valence-corrected chi connectivity index (χ1v) is 14.3. The van der Waals surface area contributed by atoms with Crippen molar-refractivity contribution < 1.29 is 28.7 Å². The highest BCUT2D eigenvalue weighted by Crippen LogP contribution is 2.43. The molecule has 8 nitrogen and oxygen atoms in total. The summed E-state index contributed by atoms with van der Waals surface area (Å²) in [5.41, 5.74) is -2.57. The second-order valence-corrected chi connectivity index (χ2v) is 13.6. The molecule has 38 heavy (non-hydrogen) atoms. The Morgan fingerprint density at radius 3 is 2.16 bits per heavy atom. The molecule has 8 heteroatoms. The highest BCUT2D eigenvalue weighted by atomic mass is 16.6. The Kier molecular flexibility index (Phi) is 12.3. The Hall–Kier alpha value is -2.12. The first kappa shape index (κ1) is 33.9. The molecular formula is C30H54N2O6. The van der Waals surface area contributed by atoms with E-state index in [4.69, 9.17) is 9.47 Å². The Morgan fingerprint density at radius 2 is 1.61 bits per heavy atom. The molecule has 0 aromatic heterocycles. The van der Waals surface area contributed by atoms with Crippen LogP contribution in [0.15, 0.2) is 0 Å². The van der Waals surface area contributed by atoms with Crippen LogP contribution in [0.3, 0.4) is 0 Å². The van der Waals surface area contributed by atoms with E-state index in [0.717, 1.165) is 19.3 Å². The Labute approximate surface area is 230 Å². The molecule has 2 amide bonds. The van der Waals surface area contributed by atoms with Gasteiger partial charge in [0.25, 0.3) is 0 Å². The van der Waals surface area contributed by atoms with E-state index in [1.165, 1.54) is 0 Å². The number of carbonyl (C=O) groups is 4. The van der Waals surface area contributed by atoms with Gasteiger partial charge in [-0.2, -0.15) is 0 Å². The molecule has 0 radical (unpaired) electrons. The average Bonchev–Trinajstić information content (AvgIpc) is 2.99. The summed E-state index contributed by atoms with van der Waals surface area (Å²) >= 11 is 0. The zero-order valence-electron chi connectivity index (χ0n) is 25.8. The fourth-order valence-electron chi connectivity index (χ4n) is 5.87. The molecule has 220 valence electrons. The smallest absolute Gasteiger partial charge is 0.312 e. The van der Waals surface area contributed by atoms with Gasteiger partial charge in [0.15, 0.2) is 0 Å². The van der Waals surface area contributed by atoms with E-state index in [-0.39, 0.29) is 42.6 Å². The second kappa shape index (κ2) is 13.8. The Morgan fingerprint density at radius 1 is 0.974 bits per heavy atom. The minimum atomic E-state index is -0.994. The summed E-state index contributed by atoms with van der Waals surface area (Å²) < 4.78 is 11.5. The first-order valence-electron chi connectivity index (χ1n) is 14.3. The van der Waals surface area contributed by atoms with Crippen molar-refractivity contribution in [2.75, 3.05) is 26.7 Å². The van der Waals surface area contributed by atoms with Crippen molar-refractivity contribution in [1.82, 2.24) is 10.2 Å². The molecule has 3 unspecified atom stereocenters. The highest BCUT2D eigenvalue weighted by molar-refractivity contribution is 5.85. The van der Waals surface area contributed by atoms with Crippen LogP contribution in [0.4, 0.5) is 0 Å². The summed E-state index contributed by atoms with van der Waals surface area (Å²) in [6, 6.07) is 0. The van der Waals surface area contributed by atoms with Crippen LogP contribution >= 0.6 is 0 Å². The molecule has 1 fully saturated rings. The van der Waals surface area contributed by atoms with E-state index in [1.54, 1.807) is 25.8 Å². The molecule has 0 aliphatic carbocycles. The fraction of sp³-hybridized carbons (Fsp3) is 0.867. The van der Waals surface area contributed by atoms with E-state index in [2.05, 4.69) is 26.1 Å². The molecule has 0 aromatic carbocycles. The van der Waals surface area contributed by atoms with Gasteiger partial charge in [-0.25, -0.2) is 0 Å². The SMILES string of the molecule is CCC(C)(CC(C)(CC(C)C(=O)OCCN1CCCCCC1=O)C(=O)NC)C(=O)OC(C)(C)CC(C)(C)C. The van der Waals surface area contributed by atoms with E-state index in [0.29, 0.717) is 32.4 Å². The van der Waals surface area contributed by atoms with Gasteiger partial charge in [-0.15, -0.1) is 0 Å². The number of esters is 2. The van der Waals surface area contributed by atoms with Crippen molar-refractivity contribution in [3.8, 4) is 0 Å². The van der Waals surface area contributed by atoms with Crippen LogP contribution in [0.25, 0.3) is 0 Å². The van der Waals surface area contributed by atoms with Gasteiger partial charge in [0.05, 0.1) is 17.9 Å². The molecule has 1 saturated heterocycles. The number of carbonyl (C=O) groups excluding carboxylic acids is 4. The third-order valence-corrected chi connectivity index (χ3v) is 7.59. The topological polar surface area (TPSA) is 102 Å². The van der Waals surface area contributed by atoms with E-state index in [9.17, 15) is 19.2 Å². The third kappa shape index (κ3) is 10.6. The molecule has 0 spiro atoms. The normalized spacial score (nSPS) is 19.0. The van der Waals surface area contributed by atoms with Crippen molar-refractivity contribution in [3.63, 3.8) is 0 Å². The van der Waals surface area contributed by atoms with Gasteiger partial charge in [-0.1, -0.05) is 48.0 Å². The van der Waals surface area contributed by atoms with Crippen LogP contribution in [0, 0.1) is 22.2 Å². The van der Waals surface area contributed by atoms with Crippen LogP contribution in [0.1, 0.15) is 114 Å². The van der Waals surface area contributed by atoms with Gasteiger partial charge in [-0.3, -0.25) is 19.2 Å². The average molecular weight is 539 g/mol. The number of rotatable bonds is 13. The van der Waals surface area contributed by atoms with Crippen LogP contribution in [0.2, 0.25) is 0 Å². The molecule has 0 bridgehead atoms. The number of hydrogen-bond donors (Lipinski definition) is 1. The molecule has 1 rings (SSSR count). The molecule has 3 atom stereocenters. The molecular weight excluding hydrogens is 484 g/mol. The van der Waals surface area contributed by atoms with Crippen LogP contribution in [-0.4, -0.2) is 61.0 Å². The van der Waals surface area contributed by atoms with E-state index >= 15 is 0 Å². The van der Waals surface area contributed by atoms with Crippen molar-refractivity contribution in [3.05, 3.63) is 0 Å². The maximum absolute atomic E-state index is 13.5. The standard InChI is InChI=1S/C30H54N2O6/c1-11-29(8,26(36)38-28(6,7)20-27(3,4)5)21-30(9,25(35)31-10)19-22(2)24(34)37-18-17-32-16-14-12-13-15-23(32)33/h22H,11-21H2,1-10H3,(H,31,35). The van der Waals surface area contributed by atoms with Crippen LogP contribution in [-0.2, 0) is 28.7 Å². The van der Waals surface area contributed by atoms with Gasteiger partial charge in [0, 0.05) is 25.4 Å². The summed E-state index contributed by atoms with van der Waals surface area (Å²) in [6.07, 6.45) is 5.10. The second-order valence-electron chi connectivity index (χ2n) is 13.6. The van der Waals surface area contributed by atoms with Crippen LogP contribution in [0.5, 0.6) is 0 Å². The maximum atomic E-state index is 13.5. The molecule has 0 saturated carbocycles. The van der Waals surface area contributed by atoms with E-state index < -0.39 is 28.3 Å². The van der Waals surface area contributed by atoms with Crippen LogP contribution < -0.4 is 5.32 Å². The van der Waals surface area contributed by atoms with E-state index in [1.807, 2.05) is 27.7 Å². The Balaban J connectivity index is 2.91. The van der Waals surface area contributed by atoms with Crippen molar-refractivity contribution >= 4 is 23.8 Å². The summed E-state index contributed by atoms with van der Waals surface area (Å²) in [5.74, 6) is -1.42. The predicted molar refractivity (Wildman–Crippen MR) is 149 cm³/mol. The fourth-order valence-corrected chi connectivity index (χ4v) is 5.87. The van der Waals surface area contributed by atoms with Gasteiger partial charge < -0.3 is 19.7 Å². The number of amides is 2. The van der Waals surface area contributed by atoms with Gasteiger partial charge >= 0.3 is 11.9 Å². The van der Waals surface area contributed by atoms with Crippen molar-refractivity contribution in [1.29, 1.82) is 0 Å². The largest absolute Gasteiger partial charge is 0.464 e. The first-order chi connectivity index (χ1) is 17.4. The quantitative estimate of drug-likeness (QED) is 0.320. The predicted octanol–water partition coefficient (Wildman–Crippen LogP) is 5.28. The minimum Gasteiger partial charge on any atom is -0.464 e. The summed E-state index contributed by atoms with van der Waals surface area (Å²) in [6.45, 7) is 18.7. The molecule has 0 aromatic rings. The molecule has 1 N–H and O–H groups in total. The molecule has 1 aliphatic rings. The number of likely N-dealkylation sites (tertiary alicyclic amines) is 1. The lowest BCUT2D eigenvalue weighted by Crippen LogP contribution is -2.46. The zero-order chi connectivity index (χ0) is 29.4. The lowest BCUT2D eigenvalue weighted by molar-refractivity contribution is -0.173. The molecule has 1 aliphatic heterocycles. The number of ether oxygens (including phenoxy) is 2. The summed E-state index contributed by atoms with van der Waals surface area (Å²) in [4.78, 5) is 53.4. The zero-order valence-corrected chi connectivity index (χ0v) is 25.8. The van der Waals surface area contributed by atoms with Crippen molar-refractivity contribution in [2.45, 2.75) is 119 Å². The number of nitrogens with zero attached hydrogens (tertiary/aromatic N) is 1. The van der Waals surface area contributed by atoms with Gasteiger partial charge in [0.1, 0.15) is 12.2 Å². The lowest BCUT2D eigenvalue weighted by Gasteiger charge is -2.40. The number of nitrogens with one attached hydrogen (secondary N) is 1. The monoisotopic (exact) mass is 538 g/mol. The third-order valence-electron chi connectivity index (χ3n) is 7.59. The Bertz CT molecular complexity index is 833. The van der Waals surface area contributed by atoms with Crippen molar-refractivity contribution in [2.24, 2.45) is 22.2 Å². The summed E-state index contributed by atoms with van der Waals surface area (Å²) in [5, 5.41) is 2.72. The van der Waals surface area contributed by atoms with Gasteiger partial charge in [-0.05, 0) is 64.7 Å². The lowest BCUT2D eigenvalue weighted by atomic mass is 9.67. The summed E-state index contributed by atoms with van der Waals surface area (Å²) in [7, 11) is 1.57. The number of hydrogen-bond acceptors (Lipinski definition) is 6. The highest BCUT2D eigenvalue weighted by Gasteiger charge is 2.47. The molecule has 1 heterocycles. The van der Waals surface area contributed by atoms with Gasteiger partial charge in [0.2, 0.25) is 11.8 Å².